The van der Waals surface area contributed by atoms with E-state index in [1.54, 1.807) is 12.4 Å². The van der Waals surface area contributed by atoms with Crippen molar-refractivity contribution >= 4 is 10.2 Å². The van der Waals surface area contributed by atoms with Crippen LogP contribution in [0.4, 0.5) is 0 Å². The minimum absolute atomic E-state index is 0.530. The Kier molecular flexibility index (Phi) is 4.46. The molecule has 114 valence electrons. The van der Waals surface area contributed by atoms with Crippen molar-refractivity contribution in [2.24, 2.45) is 7.05 Å². The summed E-state index contributed by atoms with van der Waals surface area (Å²) in [7, 11) is 1.26. The molecule has 1 atom stereocenters. The van der Waals surface area contributed by atoms with E-state index in [1.165, 1.54) is 14.1 Å². The van der Waals surface area contributed by atoms with Crippen molar-refractivity contribution in [3.05, 3.63) is 53.6 Å². The van der Waals surface area contributed by atoms with Crippen molar-refractivity contribution in [3.8, 4) is 0 Å². The van der Waals surface area contributed by atoms with E-state index in [1.807, 2.05) is 42.8 Å². The van der Waals surface area contributed by atoms with Crippen LogP contribution in [0.15, 0.2) is 36.7 Å². The van der Waals surface area contributed by atoms with E-state index >= 15 is 0 Å². The van der Waals surface area contributed by atoms with Crippen LogP contribution in [0.1, 0.15) is 23.0 Å². The van der Waals surface area contributed by atoms with Gasteiger partial charge < -0.3 is 4.57 Å². The Morgan fingerprint density at radius 2 is 1.86 bits per heavy atom. The first-order valence-electron chi connectivity index (χ1n) is 6.55. The normalized spacial score (nSPS) is 13.6. The largest absolute Gasteiger partial charge is 0.336 e. The maximum Gasteiger partial charge on any atom is 0.279 e. The lowest BCUT2D eigenvalue weighted by atomic mass is 10.1. The summed E-state index contributed by atoms with van der Waals surface area (Å²) in [6, 6.07) is 7.20. The molecule has 0 aliphatic rings. The molecule has 0 aliphatic heterocycles. The third-order valence-corrected chi connectivity index (χ3v) is 4.77. The molecule has 1 unspecified atom stereocenters. The first-order valence-corrected chi connectivity index (χ1v) is 7.99. The minimum atomic E-state index is -3.57. The van der Waals surface area contributed by atoms with Crippen molar-refractivity contribution < 1.29 is 8.42 Å². The van der Waals surface area contributed by atoms with Gasteiger partial charge in [-0.1, -0.05) is 29.8 Å². The van der Waals surface area contributed by atoms with Gasteiger partial charge in [-0.3, -0.25) is 0 Å². The summed E-state index contributed by atoms with van der Waals surface area (Å²) >= 11 is 0. The van der Waals surface area contributed by atoms with Gasteiger partial charge in [-0.2, -0.15) is 17.4 Å². The van der Waals surface area contributed by atoms with Crippen LogP contribution in [0.3, 0.4) is 0 Å². The topological polar surface area (TPSA) is 67.2 Å². The van der Waals surface area contributed by atoms with E-state index < -0.39 is 16.3 Å². The molecule has 1 aromatic heterocycles. The van der Waals surface area contributed by atoms with Gasteiger partial charge in [0.15, 0.2) is 0 Å². The highest BCUT2D eigenvalue weighted by molar-refractivity contribution is 7.87. The number of rotatable bonds is 5. The molecule has 1 N–H and O–H groups in total. The lowest BCUT2D eigenvalue weighted by Crippen LogP contribution is -2.39. The van der Waals surface area contributed by atoms with Gasteiger partial charge in [0.1, 0.15) is 11.9 Å². The zero-order valence-electron chi connectivity index (χ0n) is 12.6. The molecular weight excluding hydrogens is 288 g/mol. The van der Waals surface area contributed by atoms with Gasteiger partial charge >= 0.3 is 0 Å². The molecule has 0 amide bonds. The molecule has 1 aromatic carbocycles. The van der Waals surface area contributed by atoms with Crippen molar-refractivity contribution in [2.75, 3.05) is 14.1 Å². The van der Waals surface area contributed by atoms with Crippen molar-refractivity contribution in [1.29, 1.82) is 0 Å². The zero-order valence-corrected chi connectivity index (χ0v) is 13.4. The molecule has 0 bridgehead atoms. The number of hydrogen-bond donors (Lipinski definition) is 1. The number of nitrogens with zero attached hydrogens (tertiary/aromatic N) is 3. The Balaban J connectivity index is 2.45. The molecule has 21 heavy (non-hydrogen) atoms. The van der Waals surface area contributed by atoms with E-state index in [0.29, 0.717) is 5.82 Å². The molecule has 0 saturated heterocycles. The SMILES string of the molecule is Cc1ccc(C(NS(=O)(=O)N(C)C)c2nccn2C)cc1. The number of nitrogens with one attached hydrogen (secondary N) is 1. The molecular formula is C14H20N4O2S. The number of hydrogen-bond acceptors (Lipinski definition) is 3. The summed E-state index contributed by atoms with van der Waals surface area (Å²) in [5.74, 6) is 0.643. The second-order valence-corrected chi connectivity index (χ2v) is 7.06. The molecule has 7 heteroatoms. The smallest absolute Gasteiger partial charge is 0.279 e. The van der Waals surface area contributed by atoms with Crippen LogP contribution in [0.5, 0.6) is 0 Å². The Morgan fingerprint density at radius 1 is 1.24 bits per heavy atom. The summed E-state index contributed by atoms with van der Waals surface area (Å²) < 4.78 is 30.0. The minimum Gasteiger partial charge on any atom is -0.336 e. The quantitative estimate of drug-likeness (QED) is 0.903. The summed E-state index contributed by atoms with van der Waals surface area (Å²) in [6.07, 6.45) is 3.45. The zero-order chi connectivity index (χ0) is 15.6. The second kappa shape index (κ2) is 5.97. The van der Waals surface area contributed by atoms with Crippen molar-refractivity contribution in [2.45, 2.75) is 13.0 Å². The molecule has 6 nitrogen and oxygen atoms in total. The summed E-state index contributed by atoms with van der Waals surface area (Å²) in [4.78, 5) is 4.28. The van der Waals surface area contributed by atoms with Crippen LogP contribution >= 0.6 is 0 Å². The molecule has 0 aliphatic carbocycles. The molecule has 2 rings (SSSR count). The van der Waals surface area contributed by atoms with Crippen LogP contribution in [0, 0.1) is 6.92 Å². The Bertz CT molecular complexity index is 705. The number of aryl methyl sites for hydroxylation is 2. The van der Waals surface area contributed by atoms with Gasteiger partial charge in [-0.15, -0.1) is 0 Å². The van der Waals surface area contributed by atoms with Crippen LogP contribution in [-0.2, 0) is 17.3 Å². The van der Waals surface area contributed by atoms with Gasteiger partial charge in [0.2, 0.25) is 0 Å². The Labute approximate surface area is 125 Å². The highest BCUT2D eigenvalue weighted by atomic mass is 32.2. The van der Waals surface area contributed by atoms with E-state index in [2.05, 4.69) is 9.71 Å². The standard InChI is InChI=1S/C14H20N4O2S/c1-11-5-7-12(8-6-11)13(14-15-9-10-18(14)4)16-21(19,20)17(2)3/h5-10,13,16H,1-4H3. The molecule has 0 fully saturated rings. The third-order valence-electron chi connectivity index (χ3n) is 3.27. The highest BCUT2D eigenvalue weighted by Crippen LogP contribution is 2.22. The van der Waals surface area contributed by atoms with Gasteiger partial charge in [-0.05, 0) is 12.5 Å². The molecule has 0 radical (unpaired) electrons. The molecule has 2 aromatic rings. The maximum atomic E-state index is 12.2. The fraction of sp³-hybridized carbons (Fsp3) is 0.357. The van der Waals surface area contributed by atoms with Gasteiger partial charge in [-0.25, -0.2) is 4.98 Å². The number of imidazole rings is 1. The highest BCUT2D eigenvalue weighted by Gasteiger charge is 2.25. The van der Waals surface area contributed by atoms with Gasteiger partial charge in [0.05, 0.1) is 0 Å². The van der Waals surface area contributed by atoms with E-state index in [4.69, 9.17) is 0 Å². The first-order chi connectivity index (χ1) is 9.81. The average molecular weight is 308 g/mol. The number of benzene rings is 1. The summed E-state index contributed by atoms with van der Waals surface area (Å²) in [5.41, 5.74) is 1.97. The first kappa shape index (κ1) is 15.7. The van der Waals surface area contributed by atoms with E-state index in [9.17, 15) is 8.42 Å². The monoisotopic (exact) mass is 308 g/mol. The van der Waals surface area contributed by atoms with Gasteiger partial charge in [0, 0.05) is 33.5 Å². The van der Waals surface area contributed by atoms with Crippen molar-refractivity contribution in [3.63, 3.8) is 0 Å². The summed E-state index contributed by atoms with van der Waals surface area (Å²) in [5, 5.41) is 0. The van der Waals surface area contributed by atoms with Crippen molar-refractivity contribution in [1.82, 2.24) is 18.6 Å². The second-order valence-electron chi connectivity index (χ2n) is 5.15. The Morgan fingerprint density at radius 3 is 2.33 bits per heavy atom. The van der Waals surface area contributed by atoms with Gasteiger partial charge in [0.25, 0.3) is 10.2 Å². The predicted octanol–water partition coefficient (Wildman–Crippen LogP) is 1.21. The average Bonchev–Trinajstić information content (AvgIpc) is 2.83. The van der Waals surface area contributed by atoms with Crippen LogP contribution in [0.25, 0.3) is 0 Å². The summed E-state index contributed by atoms with van der Waals surface area (Å²) in [6.45, 7) is 1.99. The predicted molar refractivity (Wildman–Crippen MR) is 82.0 cm³/mol. The van der Waals surface area contributed by atoms with E-state index in [0.717, 1.165) is 15.4 Å². The molecule has 0 saturated carbocycles. The van der Waals surface area contributed by atoms with Crippen LogP contribution < -0.4 is 4.72 Å². The fourth-order valence-corrected chi connectivity index (χ4v) is 2.69. The third kappa shape index (κ3) is 3.49. The fourth-order valence-electron chi connectivity index (χ4n) is 1.94. The number of aromatic nitrogens is 2. The lowest BCUT2D eigenvalue weighted by molar-refractivity contribution is 0.493. The Hall–Kier alpha value is -1.70. The maximum absolute atomic E-state index is 12.2. The van der Waals surface area contributed by atoms with Crippen LogP contribution in [0.2, 0.25) is 0 Å². The van der Waals surface area contributed by atoms with E-state index in [-0.39, 0.29) is 0 Å². The lowest BCUT2D eigenvalue weighted by Gasteiger charge is -2.21. The molecule has 0 spiro atoms. The van der Waals surface area contributed by atoms with Crippen LogP contribution in [-0.4, -0.2) is 36.4 Å². The molecule has 1 heterocycles.